The minimum atomic E-state index is -3.89. The van der Waals surface area contributed by atoms with Crippen LogP contribution in [0.25, 0.3) is 11.1 Å². The number of hydrogen-bond donors (Lipinski definition) is 1. The van der Waals surface area contributed by atoms with E-state index < -0.39 is 20.5 Å². The highest BCUT2D eigenvalue weighted by molar-refractivity contribution is 7.99. The minimum Gasteiger partial charge on any atom is -0.431 e. The van der Waals surface area contributed by atoms with Crippen molar-refractivity contribution in [3.63, 3.8) is 0 Å². The van der Waals surface area contributed by atoms with Gasteiger partial charge in [-0.2, -0.15) is 0 Å². The van der Waals surface area contributed by atoms with E-state index >= 15 is 0 Å². The van der Waals surface area contributed by atoms with E-state index in [4.69, 9.17) is 4.42 Å². The lowest BCUT2D eigenvalue weighted by molar-refractivity contribution is -0.388. The topological polar surface area (TPSA) is 115 Å². The Bertz CT molecular complexity index is 1080. The van der Waals surface area contributed by atoms with Crippen LogP contribution < -0.4 is 4.72 Å². The molecule has 10 heteroatoms. The third kappa shape index (κ3) is 4.46. The molecule has 3 aromatic rings. The normalized spacial score (nSPS) is 12.4. The average molecular weight is 407 g/mol. The van der Waals surface area contributed by atoms with E-state index in [1.807, 2.05) is 6.07 Å². The van der Waals surface area contributed by atoms with Gasteiger partial charge in [0.2, 0.25) is 10.0 Å². The monoisotopic (exact) mass is 407 g/mol. The molecule has 0 radical (unpaired) electrons. The Kier molecular flexibility index (Phi) is 4.98. The molecule has 0 aliphatic carbocycles. The number of rotatable bonds is 5. The molecule has 0 amide bonds. The van der Waals surface area contributed by atoms with Crippen molar-refractivity contribution in [1.29, 1.82) is 0 Å². The number of nitrogens with zero attached hydrogens (tertiary/aromatic N) is 2. The predicted octanol–water partition coefficient (Wildman–Crippen LogP) is 3.96. The van der Waals surface area contributed by atoms with Crippen molar-refractivity contribution in [3.05, 3.63) is 52.6 Å². The largest absolute Gasteiger partial charge is 0.431 e. The summed E-state index contributed by atoms with van der Waals surface area (Å²) in [7, 11) is -3.89. The van der Waals surface area contributed by atoms with Gasteiger partial charge in [-0.25, -0.2) is 18.1 Å². The number of benzene rings is 2. The van der Waals surface area contributed by atoms with Gasteiger partial charge in [0.15, 0.2) is 5.58 Å². The van der Waals surface area contributed by atoms with Crippen molar-refractivity contribution < 1.29 is 17.8 Å². The second kappa shape index (κ2) is 6.95. The number of fused-ring (bicyclic) bond motifs is 1. The van der Waals surface area contributed by atoms with Crippen molar-refractivity contribution in [1.82, 2.24) is 9.71 Å². The molecule has 0 bridgehead atoms. The number of hydrogen-bond acceptors (Lipinski definition) is 7. The summed E-state index contributed by atoms with van der Waals surface area (Å²) in [4.78, 5) is 15.2. The maximum absolute atomic E-state index is 12.4. The Morgan fingerprint density at radius 2 is 1.89 bits per heavy atom. The first-order valence-corrected chi connectivity index (χ1v) is 10.2. The fourth-order valence-electron chi connectivity index (χ4n) is 2.34. The van der Waals surface area contributed by atoms with Gasteiger partial charge in [0.25, 0.3) is 10.9 Å². The van der Waals surface area contributed by atoms with Crippen LogP contribution in [0.4, 0.5) is 5.69 Å². The van der Waals surface area contributed by atoms with Crippen LogP contribution >= 0.6 is 11.8 Å². The van der Waals surface area contributed by atoms with Crippen LogP contribution in [0, 0.1) is 10.1 Å². The van der Waals surface area contributed by atoms with Crippen molar-refractivity contribution in [3.8, 4) is 0 Å². The van der Waals surface area contributed by atoms with Gasteiger partial charge < -0.3 is 4.42 Å². The molecule has 0 spiro atoms. The number of nitro benzene ring substituents is 1. The molecule has 0 atom stereocenters. The lowest BCUT2D eigenvalue weighted by Crippen LogP contribution is -2.40. The summed E-state index contributed by atoms with van der Waals surface area (Å²) in [6.07, 6.45) is 0. The zero-order valence-electron chi connectivity index (χ0n) is 14.8. The predicted molar refractivity (Wildman–Crippen MR) is 101 cm³/mol. The van der Waals surface area contributed by atoms with Gasteiger partial charge in [-0.3, -0.25) is 10.1 Å². The number of nitrogens with one attached hydrogen (secondary N) is 1. The van der Waals surface area contributed by atoms with Crippen LogP contribution in [0.3, 0.4) is 0 Å². The van der Waals surface area contributed by atoms with Crippen LogP contribution in [-0.2, 0) is 10.0 Å². The van der Waals surface area contributed by atoms with Crippen LogP contribution in [-0.4, -0.2) is 23.9 Å². The van der Waals surface area contributed by atoms with Gasteiger partial charge in [-0.1, -0.05) is 12.1 Å². The molecule has 0 aliphatic heterocycles. The molecule has 1 N–H and O–H groups in total. The number of aromatic nitrogens is 1. The van der Waals surface area contributed by atoms with Gasteiger partial charge in [-0.15, -0.1) is 0 Å². The van der Waals surface area contributed by atoms with E-state index in [0.29, 0.717) is 11.1 Å². The van der Waals surface area contributed by atoms with Crippen molar-refractivity contribution in [2.75, 3.05) is 0 Å². The van der Waals surface area contributed by atoms with E-state index in [-0.39, 0.29) is 20.7 Å². The Balaban J connectivity index is 1.98. The lowest BCUT2D eigenvalue weighted by atomic mass is 10.1. The SMILES string of the molecule is CC(C)(C)NS(=O)(=O)c1ccc(Sc2nc3ccccc3o2)c([N+](=O)[O-])c1. The first-order chi connectivity index (χ1) is 12.5. The second-order valence-corrected chi connectivity index (χ2v) is 9.47. The smallest absolute Gasteiger partial charge is 0.284 e. The fraction of sp³-hybridized carbons (Fsp3) is 0.235. The Morgan fingerprint density at radius 3 is 2.52 bits per heavy atom. The quantitative estimate of drug-likeness (QED) is 0.502. The summed E-state index contributed by atoms with van der Waals surface area (Å²) in [5, 5.41) is 11.7. The molecule has 0 saturated carbocycles. The van der Waals surface area contributed by atoms with Crippen molar-refractivity contribution >= 4 is 38.6 Å². The molecular formula is C17H17N3O5S2. The van der Waals surface area contributed by atoms with E-state index in [1.54, 1.807) is 39.0 Å². The summed E-state index contributed by atoms with van der Waals surface area (Å²) in [5.41, 5.74) is 0.158. The van der Waals surface area contributed by atoms with Crippen LogP contribution in [0.1, 0.15) is 20.8 Å². The second-order valence-electron chi connectivity index (χ2n) is 6.79. The third-order valence-electron chi connectivity index (χ3n) is 3.35. The fourth-order valence-corrected chi connectivity index (χ4v) is 4.62. The Labute approximate surface area is 160 Å². The highest BCUT2D eigenvalue weighted by Crippen LogP contribution is 2.37. The van der Waals surface area contributed by atoms with Gasteiger partial charge >= 0.3 is 0 Å². The molecule has 8 nitrogen and oxygen atoms in total. The maximum atomic E-state index is 12.4. The summed E-state index contributed by atoms with van der Waals surface area (Å²) >= 11 is 0.966. The zero-order chi connectivity index (χ0) is 19.8. The van der Waals surface area contributed by atoms with E-state index in [0.717, 1.165) is 17.8 Å². The maximum Gasteiger partial charge on any atom is 0.284 e. The molecule has 0 saturated heterocycles. The first-order valence-electron chi connectivity index (χ1n) is 7.91. The van der Waals surface area contributed by atoms with Gasteiger partial charge in [0.1, 0.15) is 5.52 Å². The zero-order valence-corrected chi connectivity index (χ0v) is 16.4. The number of para-hydroxylation sites is 2. The average Bonchev–Trinajstić information content (AvgIpc) is 2.94. The molecular weight excluding hydrogens is 390 g/mol. The molecule has 1 aromatic heterocycles. The number of nitro groups is 1. The molecule has 27 heavy (non-hydrogen) atoms. The Morgan fingerprint density at radius 1 is 1.19 bits per heavy atom. The van der Waals surface area contributed by atoms with Crippen LogP contribution in [0.15, 0.2) is 61.9 Å². The van der Waals surface area contributed by atoms with Gasteiger partial charge in [0, 0.05) is 11.6 Å². The lowest BCUT2D eigenvalue weighted by Gasteiger charge is -2.20. The van der Waals surface area contributed by atoms with Crippen LogP contribution in [0.5, 0.6) is 0 Å². The highest BCUT2D eigenvalue weighted by Gasteiger charge is 2.26. The number of sulfonamides is 1. The Hall–Kier alpha value is -2.43. The molecule has 0 fully saturated rings. The molecule has 0 unspecified atom stereocenters. The summed E-state index contributed by atoms with van der Waals surface area (Å²) < 4.78 is 32.9. The summed E-state index contributed by atoms with van der Waals surface area (Å²) in [5.74, 6) is 0. The molecule has 3 rings (SSSR count). The van der Waals surface area contributed by atoms with E-state index in [2.05, 4.69) is 9.71 Å². The number of oxazole rings is 1. The minimum absolute atomic E-state index is 0.175. The highest BCUT2D eigenvalue weighted by atomic mass is 32.2. The van der Waals surface area contributed by atoms with Crippen molar-refractivity contribution in [2.45, 2.75) is 41.3 Å². The summed E-state index contributed by atoms with van der Waals surface area (Å²) in [6, 6.07) is 10.9. The molecule has 142 valence electrons. The van der Waals surface area contributed by atoms with Crippen molar-refractivity contribution in [2.24, 2.45) is 0 Å². The summed E-state index contributed by atoms with van der Waals surface area (Å²) in [6.45, 7) is 5.07. The van der Waals surface area contributed by atoms with Gasteiger partial charge in [0.05, 0.1) is 14.7 Å². The first kappa shape index (κ1) is 19.3. The molecule has 2 aromatic carbocycles. The van der Waals surface area contributed by atoms with Crippen LogP contribution in [0.2, 0.25) is 0 Å². The van der Waals surface area contributed by atoms with E-state index in [1.165, 1.54) is 12.1 Å². The standard InChI is InChI=1S/C17H17N3O5S2/c1-17(2,3)19-27(23,24)11-8-9-15(13(10-11)20(21)22)26-16-18-12-6-4-5-7-14(12)25-16/h4-10,19H,1-3H3. The van der Waals surface area contributed by atoms with E-state index in [9.17, 15) is 18.5 Å². The van der Waals surface area contributed by atoms with Gasteiger partial charge in [-0.05, 0) is 56.8 Å². The third-order valence-corrected chi connectivity index (χ3v) is 6.02. The molecule has 0 aliphatic rings. The molecule has 1 heterocycles.